The number of nitrogens with zero attached hydrogens (tertiary/aromatic N) is 6. The second-order valence-electron chi connectivity index (χ2n) is 7.49. The zero-order valence-electron chi connectivity index (χ0n) is 17.2. The van der Waals surface area contributed by atoms with Gasteiger partial charge in [0.1, 0.15) is 11.4 Å². The van der Waals surface area contributed by atoms with Crippen LogP contribution in [0.1, 0.15) is 0 Å². The van der Waals surface area contributed by atoms with E-state index in [2.05, 4.69) is 30.5 Å². The van der Waals surface area contributed by atoms with Crippen molar-refractivity contribution in [2.24, 2.45) is 0 Å². The van der Waals surface area contributed by atoms with Gasteiger partial charge in [-0.25, -0.2) is 9.67 Å². The van der Waals surface area contributed by atoms with Crippen molar-refractivity contribution in [1.82, 2.24) is 35.2 Å². The van der Waals surface area contributed by atoms with Crippen LogP contribution in [-0.4, -0.2) is 35.2 Å². The number of pyridine rings is 2. The fourth-order valence-corrected chi connectivity index (χ4v) is 3.78. The smallest absolute Gasteiger partial charge is 0.220 e. The Hall–Kier alpha value is -4.72. The van der Waals surface area contributed by atoms with E-state index in [0.29, 0.717) is 22.5 Å². The molecule has 0 saturated heterocycles. The summed E-state index contributed by atoms with van der Waals surface area (Å²) in [6.07, 6.45) is 4.99. The maximum absolute atomic E-state index is 14.2. The Morgan fingerprint density at radius 3 is 2.55 bits per heavy atom. The molecule has 4 heterocycles. The Morgan fingerprint density at radius 2 is 1.73 bits per heavy atom. The molecule has 33 heavy (non-hydrogen) atoms. The van der Waals surface area contributed by atoms with Crippen LogP contribution in [0, 0.1) is 5.95 Å². The number of rotatable bonds is 4. The van der Waals surface area contributed by atoms with Crippen molar-refractivity contribution in [2.45, 2.75) is 0 Å². The lowest BCUT2D eigenvalue weighted by Gasteiger charge is -2.03. The first-order valence-corrected chi connectivity index (χ1v) is 10.3. The van der Waals surface area contributed by atoms with E-state index in [1.807, 2.05) is 60.7 Å². The molecule has 4 aromatic heterocycles. The molecular weight excluding hydrogens is 417 g/mol. The van der Waals surface area contributed by atoms with Crippen molar-refractivity contribution in [3.05, 3.63) is 97.3 Å². The zero-order chi connectivity index (χ0) is 22.2. The molecule has 6 rings (SSSR count). The highest BCUT2D eigenvalue weighted by Crippen LogP contribution is 2.30. The third-order valence-corrected chi connectivity index (χ3v) is 5.45. The molecule has 0 bridgehead atoms. The van der Waals surface area contributed by atoms with Crippen molar-refractivity contribution < 1.29 is 4.39 Å². The molecule has 1 N–H and O–H groups in total. The molecule has 0 amide bonds. The van der Waals surface area contributed by atoms with Crippen LogP contribution in [0.2, 0.25) is 0 Å². The number of halogens is 1. The van der Waals surface area contributed by atoms with Gasteiger partial charge in [0.2, 0.25) is 5.95 Å². The molecule has 2 aromatic carbocycles. The van der Waals surface area contributed by atoms with Gasteiger partial charge in [-0.3, -0.25) is 10.1 Å². The van der Waals surface area contributed by atoms with Crippen LogP contribution in [0.4, 0.5) is 4.39 Å². The Balaban J connectivity index is 1.35. The molecule has 0 fully saturated rings. The normalized spacial score (nSPS) is 11.2. The molecule has 8 heteroatoms. The van der Waals surface area contributed by atoms with Crippen LogP contribution in [0.3, 0.4) is 0 Å². The molecule has 0 atom stereocenters. The minimum atomic E-state index is -0.515. The van der Waals surface area contributed by atoms with Crippen molar-refractivity contribution >= 4 is 10.9 Å². The average Bonchev–Trinajstić information content (AvgIpc) is 3.52. The molecule has 6 aromatic rings. The molecule has 0 aliphatic rings. The maximum atomic E-state index is 14.2. The SMILES string of the molecule is Fc1ncccc1-c1ccc2[nH]nc(-c3cn(-c4ccc(-c5ccccc5)nc4)nn3)c2c1. The lowest BCUT2D eigenvalue weighted by molar-refractivity contribution is 0.587. The van der Waals surface area contributed by atoms with Gasteiger partial charge in [0.05, 0.1) is 29.3 Å². The van der Waals surface area contributed by atoms with E-state index in [0.717, 1.165) is 27.8 Å². The minimum Gasteiger partial charge on any atom is -0.277 e. The third-order valence-electron chi connectivity index (χ3n) is 5.45. The van der Waals surface area contributed by atoms with E-state index in [-0.39, 0.29) is 0 Å². The first-order valence-electron chi connectivity index (χ1n) is 10.3. The largest absolute Gasteiger partial charge is 0.277 e. The van der Waals surface area contributed by atoms with Crippen LogP contribution in [0.5, 0.6) is 0 Å². The lowest BCUT2D eigenvalue weighted by Crippen LogP contribution is -1.96. The molecule has 7 nitrogen and oxygen atoms in total. The van der Waals surface area contributed by atoms with Gasteiger partial charge in [-0.05, 0) is 42.0 Å². The fourth-order valence-electron chi connectivity index (χ4n) is 3.78. The molecule has 0 aliphatic carbocycles. The summed E-state index contributed by atoms with van der Waals surface area (Å²) < 4.78 is 15.8. The van der Waals surface area contributed by atoms with Gasteiger partial charge in [-0.1, -0.05) is 41.6 Å². The second-order valence-corrected chi connectivity index (χ2v) is 7.49. The Bertz CT molecular complexity index is 1570. The van der Waals surface area contributed by atoms with Crippen molar-refractivity contribution in [1.29, 1.82) is 0 Å². The van der Waals surface area contributed by atoms with Crippen LogP contribution >= 0.6 is 0 Å². The molecule has 0 aliphatic heterocycles. The average molecular weight is 433 g/mol. The van der Waals surface area contributed by atoms with Crippen LogP contribution in [-0.2, 0) is 0 Å². The zero-order valence-corrected chi connectivity index (χ0v) is 17.2. The summed E-state index contributed by atoms with van der Waals surface area (Å²) in [5, 5.41) is 16.8. The lowest BCUT2D eigenvalue weighted by atomic mass is 10.0. The van der Waals surface area contributed by atoms with Crippen LogP contribution in [0.25, 0.3) is 50.4 Å². The molecule has 0 unspecified atom stereocenters. The first-order chi connectivity index (χ1) is 16.3. The van der Waals surface area contributed by atoms with E-state index in [1.165, 1.54) is 6.20 Å². The monoisotopic (exact) mass is 433 g/mol. The van der Waals surface area contributed by atoms with Gasteiger partial charge in [-0.2, -0.15) is 9.49 Å². The molecule has 158 valence electrons. The van der Waals surface area contributed by atoms with Crippen molar-refractivity contribution in [3.8, 4) is 39.5 Å². The molecule has 0 spiro atoms. The van der Waals surface area contributed by atoms with Gasteiger partial charge in [0, 0.05) is 22.7 Å². The van der Waals surface area contributed by atoms with Gasteiger partial charge in [0.25, 0.3) is 0 Å². The summed E-state index contributed by atoms with van der Waals surface area (Å²) in [5.74, 6) is -0.515. The number of aromatic nitrogens is 7. The predicted octanol–water partition coefficient (Wildman–Crippen LogP) is 5.07. The third kappa shape index (κ3) is 3.43. The quantitative estimate of drug-likeness (QED) is 0.392. The fraction of sp³-hybridized carbons (Fsp3) is 0. The number of fused-ring (bicyclic) bond motifs is 1. The van der Waals surface area contributed by atoms with Gasteiger partial charge >= 0.3 is 0 Å². The summed E-state index contributed by atoms with van der Waals surface area (Å²) >= 11 is 0. The highest BCUT2D eigenvalue weighted by atomic mass is 19.1. The van der Waals surface area contributed by atoms with E-state index < -0.39 is 5.95 Å². The summed E-state index contributed by atoms with van der Waals surface area (Å²) in [5.41, 5.74) is 5.91. The minimum absolute atomic E-state index is 0.430. The number of hydrogen-bond acceptors (Lipinski definition) is 5. The Morgan fingerprint density at radius 1 is 0.818 bits per heavy atom. The highest BCUT2D eigenvalue weighted by Gasteiger charge is 2.15. The van der Waals surface area contributed by atoms with Crippen LogP contribution in [0.15, 0.2) is 91.4 Å². The number of nitrogens with one attached hydrogen (secondary N) is 1. The summed E-state index contributed by atoms with van der Waals surface area (Å²) in [7, 11) is 0. The van der Waals surface area contributed by atoms with E-state index in [9.17, 15) is 4.39 Å². The molecule has 0 saturated carbocycles. The van der Waals surface area contributed by atoms with E-state index in [4.69, 9.17) is 0 Å². The number of H-pyrrole nitrogens is 1. The topological polar surface area (TPSA) is 85.2 Å². The van der Waals surface area contributed by atoms with Gasteiger partial charge in [-0.15, -0.1) is 5.10 Å². The van der Waals surface area contributed by atoms with Crippen molar-refractivity contribution in [2.75, 3.05) is 0 Å². The van der Waals surface area contributed by atoms with Crippen molar-refractivity contribution in [3.63, 3.8) is 0 Å². The highest BCUT2D eigenvalue weighted by molar-refractivity contribution is 5.94. The molecule has 0 radical (unpaired) electrons. The van der Waals surface area contributed by atoms with E-state index >= 15 is 0 Å². The number of benzene rings is 2. The number of aromatic amines is 1. The summed E-state index contributed by atoms with van der Waals surface area (Å²) in [6, 6.07) is 22.9. The van der Waals surface area contributed by atoms with Gasteiger partial charge in [0.15, 0.2) is 0 Å². The van der Waals surface area contributed by atoms with Gasteiger partial charge < -0.3 is 0 Å². The molecular formula is C25H16FN7. The first kappa shape index (κ1) is 19.0. The summed E-state index contributed by atoms with van der Waals surface area (Å²) in [6.45, 7) is 0. The predicted molar refractivity (Wildman–Crippen MR) is 123 cm³/mol. The standard InChI is InChI=1S/C25H16FN7/c26-25-19(7-4-12-27-25)17-8-10-22-20(13-17)24(31-29-22)23-15-33(32-30-23)18-9-11-21(28-14-18)16-5-2-1-3-6-16/h1-15H,(H,29,31). The summed E-state index contributed by atoms with van der Waals surface area (Å²) in [4.78, 5) is 8.29. The number of hydrogen-bond donors (Lipinski definition) is 1. The van der Waals surface area contributed by atoms with Crippen LogP contribution < -0.4 is 0 Å². The Kier molecular flexibility index (Phi) is 4.47. The maximum Gasteiger partial charge on any atom is 0.220 e. The second kappa shape index (κ2) is 7.76. The Labute approximate surface area is 187 Å². The van der Waals surface area contributed by atoms with E-state index in [1.54, 1.807) is 29.2 Å².